The molecule has 0 saturated heterocycles. The van der Waals surface area contributed by atoms with E-state index in [-0.39, 0.29) is 29.4 Å². The summed E-state index contributed by atoms with van der Waals surface area (Å²) in [7, 11) is 0. The Hall–Kier alpha value is -3.99. The Morgan fingerprint density at radius 2 is 2.15 bits per heavy atom. The SMILES string of the molecule is N#C/C(=C(/O)CN=Cc1cccc([N+](=O)[O-])c1)c1nc2ccccc2[nH]1. The maximum absolute atomic E-state index is 10.8. The highest BCUT2D eigenvalue weighted by molar-refractivity contribution is 5.83. The van der Waals surface area contributed by atoms with Gasteiger partial charge in [-0.05, 0) is 17.7 Å². The van der Waals surface area contributed by atoms with E-state index >= 15 is 0 Å². The number of aliphatic hydroxyl groups excluding tert-OH is 1. The van der Waals surface area contributed by atoms with Gasteiger partial charge in [0.25, 0.3) is 5.69 Å². The fourth-order valence-corrected chi connectivity index (χ4v) is 2.36. The van der Waals surface area contributed by atoms with Gasteiger partial charge in [0, 0.05) is 18.3 Å². The van der Waals surface area contributed by atoms with Crippen LogP contribution in [-0.4, -0.2) is 32.8 Å². The molecule has 3 aromatic rings. The zero-order valence-electron chi connectivity index (χ0n) is 13.5. The van der Waals surface area contributed by atoms with Gasteiger partial charge in [0.2, 0.25) is 0 Å². The molecule has 8 nitrogen and oxygen atoms in total. The summed E-state index contributed by atoms with van der Waals surface area (Å²) in [5.74, 6) is 0.0185. The van der Waals surface area contributed by atoms with Crippen LogP contribution in [0.15, 0.2) is 59.3 Å². The molecule has 0 fully saturated rings. The van der Waals surface area contributed by atoms with E-state index in [9.17, 15) is 20.5 Å². The molecule has 0 aliphatic carbocycles. The molecule has 0 bridgehead atoms. The third kappa shape index (κ3) is 3.57. The number of hydrogen-bond donors (Lipinski definition) is 2. The number of benzene rings is 2. The molecular weight excluding hydrogens is 334 g/mol. The van der Waals surface area contributed by atoms with Crippen LogP contribution in [0.4, 0.5) is 5.69 Å². The molecule has 0 aliphatic rings. The van der Waals surface area contributed by atoms with Crippen LogP contribution in [0, 0.1) is 21.4 Å². The van der Waals surface area contributed by atoms with Crippen LogP contribution in [0.5, 0.6) is 0 Å². The zero-order valence-corrected chi connectivity index (χ0v) is 13.5. The first-order valence-corrected chi connectivity index (χ1v) is 7.60. The number of allylic oxidation sites excluding steroid dienone is 1. The number of aliphatic hydroxyl groups is 1. The van der Waals surface area contributed by atoms with Crippen LogP contribution < -0.4 is 0 Å². The zero-order chi connectivity index (χ0) is 18.5. The third-order valence-corrected chi connectivity index (χ3v) is 3.59. The number of aromatic nitrogens is 2. The predicted molar refractivity (Wildman–Crippen MR) is 96.8 cm³/mol. The van der Waals surface area contributed by atoms with Gasteiger partial charge in [-0.15, -0.1) is 0 Å². The summed E-state index contributed by atoms with van der Waals surface area (Å²) in [6.07, 6.45) is 1.40. The molecule has 0 saturated carbocycles. The maximum atomic E-state index is 10.8. The number of nitrogens with zero attached hydrogens (tertiary/aromatic N) is 4. The monoisotopic (exact) mass is 347 g/mol. The van der Waals surface area contributed by atoms with Crippen molar-refractivity contribution in [2.24, 2.45) is 4.99 Å². The first kappa shape index (κ1) is 16.9. The minimum absolute atomic E-state index is 0.00241. The van der Waals surface area contributed by atoms with E-state index < -0.39 is 4.92 Å². The van der Waals surface area contributed by atoms with Crippen molar-refractivity contribution in [2.45, 2.75) is 0 Å². The smallest absolute Gasteiger partial charge is 0.270 e. The summed E-state index contributed by atoms with van der Waals surface area (Å²) in [4.78, 5) is 21.6. The molecule has 0 aliphatic heterocycles. The van der Waals surface area contributed by atoms with Crippen molar-refractivity contribution >= 4 is 28.5 Å². The summed E-state index contributed by atoms with van der Waals surface area (Å²) in [5.41, 5.74) is 1.91. The lowest BCUT2D eigenvalue weighted by Crippen LogP contribution is -1.96. The number of nitro groups is 1. The molecule has 0 unspecified atom stereocenters. The molecular formula is C18H13N5O3. The van der Waals surface area contributed by atoms with Gasteiger partial charge in [-0.2, -0.15) is 5.26 Å². The number of fused-ring (bicyclic) bond motifs is 1. The van der Waals surface area contributed by atoms with Gasteiger partial charge in [-0.1, -0.05) is 24.3 Å². The Balaban J connectivity index is 1.82. The summed E-state index contributed by atoms with van der Waals surface area (Å²) >= 11 is 0. The molecule has 0 amide bonds. The van der Waals surface area contributed by atoms with Gasteiger partial charge < -0.3 is 10.1 Å². The van der Waals surface area contributed by atoms with Gasteiger partial charge in [0.15, 0.2) is 5.82 Å². The summed E-state index contributed by atoms with van der Waals surface area (Å²) in [6.45, 7) is -0.150. The van der Waals surface area contributed by atoms with E-state index in [0.717, 1.165) is 5.52 Å². The standard InChI is InChI=1S/C18H13N5O3/c19-9-14(18-21-15-6-1-2-7-16(15)22-18)17(24)11-20-10-12-4-3-5-13(8-12)23(25)26/h1-8,10,24H,11H2,(H,21,22)/b17-14-,20-10?. The highest BCUT2D eigenvalue weighted by atomic mass is 16.6. The molecule has 3 rings (SSSR count). The lowest BCUT2D eigenvalue weighted by Gasteiger charge is -1.99. The molecule has 1 aromatic heterocycles. The van der Waals surface area contributed by atoms with Crippen LogP contribution in [0.3, 0.4) is 0 Å². The van der Waals surface area contributed by atoms with Crippen molar-refractivity contribution in [2.75, 3.05) is 6.54 Å². The number of aliphatic imine (C=N–C) groups is 1. The van der Waals surface area contributed by atoms with E-state index in [4.69, 9.17) is 0 Å². The van der Waals surface area contributed by atoms with Crippen LogP contribution in [0.2, 0.25) is 0 Å². The van der Waals surface area contributed by atoms with E-state index in [0.29, 0.717) is 11.1 Å². The fraction of sp³-hybridized carbons (Fsp3) is 0.0556. The third-order valence-electron chi connectivity index (χ3n) is 3.59. The maximum Gasteiger partial charge on any atom is 0.270 e. The summed E-state index contributed by atoms with van der Waals surface area (Å²) in [6, 6.07) is 15.1. The number of nitriles is 1. The van der Waals surface area contributed by atoms with Gasteiger partial charge >= 0.3 is 0 Å². The molecule has 0 spiro atoms. The van der Waals surface area contributed by atoms with E-state index in [1.807, 2.05) is 24.3 Å². The number of H-pyrrole nitrogens is 1. The minimum atomic E-state index is -0.496. The minimum Gasteiger partial charge on any atom is -0.509 e. The average molecular weight is 347 g/mol. The van der Waals surface area contributed by atoms with E-state index in [1.54, 1.807) is 18.2 Å². The molecule has 2 N–H and O–H groups in total. The Morgan fingerprint density at radius 1 is 1.35 bits per heavy atom. The molecule has 0 radical (unpaired) electrons. The average Bonchev–Trinajstić information content (AvgIpc) is 3.06. The van der Waals surface area contributed by atoms with Crippen LogP contribution in [0.25, 0.3) is 16.6 Å². The normalized spacial score (nSPS) is 12.1. The summed E-state index contributed by atoms with van der Waals surface area (Å²) < 4.78 is 0. The number of non-ortho nitro benzene ring substituents is 1. The number of nitrogens with one attached hydrogen (secondary N) is 1. The number of aromatic amines is 1. The molecule has 128 valence electrons. The highest BCUT2D eigenvalue weighted by Gasteiger charge is 2.12. The molecule has 8 heteroatoms. The number of para-hydroxylation sites is 2. The van der Waals surface area contributed by atoms with Crippen LogP contribution in [0.1, 0.15) is 11.4 Å². The van der Waals surface area contributed by atoms with Crippen molar-refractivity contribution < 1.29 is 10.0 Å². The van der Waals surface area contributed by atoms with Gasteiger partial charge in [0.1, 0.15) is 17.4 Å². The second-order valence-electron chi connectivity index (χ2n) is 5.36. The van der Waals surface area contributed by atoms with Crippen molar-refractivity contribution in [3.63, 3.8) is 0 Å². The predicted octanol–water partition coefficient (Wildman–Crippen LogP) is 3.38. The Bertz CT molecular complexity index is 1040. The second kappa shape index (κ2) is 7.27. The molecule has 0 atom stereocenters. The first-order valence-electron chi connectivity index (χ1n) is 7.60. The quantitative estimate of drug-likeness (QED) is 0.240. The molecule has 2 aromatic carbocycles. The van der Waals surface area contributed by atoms with Crippen molar-refractivity contribution in [3.8, 4) is 6.07 Å². The Kier molecular flexibility index (Phi) is 4.71. The fourth-order valence-electron chi connectivity index (χ4n) is 2.36. The lowest BCUT2D eigenvalue weighted by molar-refractivity contribution is -0.384. The molecule has 1 heterocycles. The van der Waals surface area contributed by atoms with Crippen LogP contribution >= 0.6 is 0 Å². The number of imidazole rings is 1. The summed E-state index contributed by atoms with van der Waals surface area (Å²) in [5, 5.41) is 30.3. The van der Waals surface area contributed by atoms with Crippen LogP contribution in [-0.2, 0) is 0 Å². The molecule has 26 heavy (non-hydrogen) atoms. The lowest BCUT2D eigenvalue weighted by atomic mass is 10.2. The number of hydrogen-bond acceptors (Lipinski definition) is 6. The largest absolute Gasteiger partial charge is 0.509 e. The Morgan fingerprint density at radius 3 is 2.88 bits per heavy atom. The van der Waals surface area contributed by atoms with Crippen molar-refractivity contribution in [1.29, 1.82) is 5.26 Å². The van der Waals surface area contributed by atoms with Gasteiger partial charge in [0.05, 0.1) is 22.5 Å². The Labute approximate surface area is 147 Å². The second-order valence-corrected chi connectivity index (χ2v) is 5.36. The number of rotatable bonds is 5. The van der Waals surface area contributed by atoms with Gasteiger partial charge in [-0.3, -0.25) is 15.1 Å². The highest BCUT2D eigenvalue weighted by Crippen LogP contribution is 2.19. The van der Waals surface area contributed by atoms with Crippen molar-refractivity contribution in [1.82, 2.24) is 9.97 Å². The number of nitro benzene ring substituents is 1. The van der Waals surface area contributed by atoms with Crippen molar-refractivity contribution in [3.05, 3.63) is 75.8 Å². The van der Waals surface area contributed by atoms with E-state index in [2.05, 4.69) is 15.0 Å². The van der Waals surface area contributed by atoms with Gasteiger partial charge in [-0.25, -0.2) is 4.98 Å². The first-order chi connectivity index (χ1) is 12.6. The van der Waals surface area contributed by atoms with E-state index in [1.165, 1.54) is 18.3 Å². The topological polar surface area (TPSA) is 128 Å².